The largest absolute Gasteiger partial charge is 0.135 e. The zero-order valence-electron chi connectivity index (χ0n) is 25.6. The molecule has 0 fully saturated rings. The molecule has 0 aliphatic rings. The summed E-state index contributed by atoms with van der Waals surface area (Å²) in [4.78, 5) is 0. The van der Waals surface area contributed by atoms with Gasteiger partial charge in [0, 0.05) is 20.2 Å². The third-order valence-corrected chi connectivity index (χ3v) is 10.9. The van der Waals surface area contributed by atoms with Crippen LogP contribution >= 0.6 is 11.3 Å². The molecule has 0 spiro atoms. The Hall–Kier alpha value is -5.76. The van der Waals surface area contributed by atoms with Gasteiger partial charge in [-0.05, 0) is 107 Å². The molecule has 0 aliphatic carbocycles. The molecule has 0 nitrogen and oxygen atoms in total. The average Bonchev–Trinajstić information content (AvgIpc) is 3.49. The predicted molar refractivity (Wildman–Crippen MR) is 206 cm³/mol. The number of hydrogen-bond acceptors (Lipinski definition) is 1. The summed E-state index contributed by atoms with van der Waals surface area (Å²) in [6.45, 7) is 0. The lowest BCUT2D eigenvalue weighted by molar-refractivity contribution is 1.65. The standard InChI is InChI=1S/C46H28S/c1-2-12-29(13-3-1)45-37-18-8-10-20-39(37)46(40-21-11-9-19-38(40)45)42-26-34(24-33-16-6-7-17-35(33)42)32-22-23-36-41-25-30-14-4-5-15-31(30)27-44(41)47-43(36)28-32/h1-28H. The Bertz CT molecular complexity index is 2780. The topological polar surface area (TPSA) is 0 Å². The van der Waals surface area contributed by atoms with Gasteiger partial charge in [0.15, 0.2) is 0 Å². The van der Waals surface area contributed by atoms with E-state index >= 15 is 0 Å². The molecule has 1 heteroatoms. The molecule has 0 aliphatic heterocycles. The molecule has 0 bridgehead atoms. The van der Waals surface area contributed by atoms with Crippen LogP contribution in [0.3, 0.4) is 0 Å². The molecular formula is C46H28S. The Kier molecular flexibility index (Phi) is 5.85. The van der Waals surface area contributed by atoms with Crippen molar-refractivity contribution in [2.45, 2.75) is 0 Å². The lowest BCUT2D eigenvalue weighted by Gasteiger charge is -2.19. The van der Waals surface area contributed by atoms with E-state index in [9.17, 15) is 0 Å². The molecule has 9 aromatic carbocycles. The highest BCUT2D eigenvalue weighted by Crippen LogP contribution is 2.47. The summed E-state index contributed by atoms with van der Waals surface area (Å²) in [5.74, 6) is 0. The lowest BCUT2D eigenvalue weighted by Crippen LogP contribution is -1.92. The Morgan fingerprint density at radius 1 is 0.277 bits per heavy atom. The normalized spacial score (nSPS) is 11.8. The monoisotopic (exact) mass is 612 g/mol. The molecule has 0 saturated heterocycles. The summed E-state index contributed by atoms with van der Waals surface area (Å²) in [6.07, 6.45) is 0. The van der Waals surface area contributed by atoms with Crippen LogP contribution in [0.25, 0.3) is 96.6 Å². The summed E-state index contributed by atoms with van der Waals surface area (Å²) < 4.78 is 2.66. The number of fused-ring (bicyclic) bond motifs is 7. The maximum Gasteiger partial charge on any atom is 0.0361 e. The molecule has 1 heterocycles. The van der Waals surface area contributed by atoms with Crippen molar-refractivity contribution in [3.8, 4) is 33.4 Å². The second-order valence-corrected chi connectivity index (χ2v) is 13.5. The fraction of sp³-hybridized carbons (Fsp3) is 0. The molecule has 218 valence electrons. The fourth-order valence-corrected chi connectivity index (χ4v) is 8.84. The van der Waals surface area contributed by atoms with Crippen molar-refractivity contribution in [1.82, 2.24) is 0 Å². The Morgan fingerprint density at radius 3 is 1.53 bits per heavy atom. The molecule has 0 saturated carbocycles. The van der Waals surface area contributed by atoms with Gasteiger partial charge in [-0.1, -0.05) is 140 Å². The van der Waals surface area contributed by atoms with Gasteiger partial charge in [0.25, 0.3) is 0 Å². The second kappa shape index (κ2) is 10.4. The first-order chi connectivity index (χ1) is 23.3. The van der Waals surface area contributed by atoms with Gasteiger partial charge in [-0.15, -0.1) is 11.3 Å². The summed E-state index contributed by atoms with van der Waals surface area (Å²) in [5, 5.41) is 12.9. The first kappa shape index (κ1) is 26.5. The Morgan fingerprint density at radius 2 is 0.830 bits per heavy atom. The summed E-state index contributed by atoms with van der Waals surface area (Å²) in [6, 6.07) is 62.8. The van der Waals surface area contributed by atoms with E-state index in [2.05, 4.69) is 170 Å². The first-order valence-corrected chi connectivity index (χ1v) is 17.0. The van der Waals surface area contributed by atoms with Crippen LogP contribution in [0.4, 0.5) is 0 Å². The molecule has 0 amide bonds. The number of rotatable bonds is 3. The molecule has 47 heavy (non-hydrogen) atoms. The van der Waals surface area contributed by atoms with Gasteiger partial charge in [-0.3, -0.25) is 0 Å². The van der Waals surface area contributed by atoms with Crippen LogP contribution in [0, 0.1) is 0 Å². The molecular weight excluding hydrogens is 585 g/mol. The van der Waals surface area contributed by atoms with Crippen LogP contribution in [0.5, 0.6) is 0 Å². The third-order valence-electron chi connectivity index (χ3n) is 9.80. The van der Waals surface area contributed by atoms with Gasteiger partial charge < -0.3 is 0 Å². The van der Waals surface area contributed by atoms with Crippen LogP contribution in [-0.2, 0) is 0 Å². The second-order valence-electron chi connectivity index (χ2n) is 12.5. The van der Waals surface area contributed by atoms with E-state index in [0.717, 1.165) is 0 Å². The molecule has 0 atom stereocenters. The van der Waals surface area contributed by atoms with E-state index in [1.54, 1.807) is 0 Å². The summed E-state index contributed by atoms with van der Waals surface area (Å²) >= 11 is 1.89. The van der Waals surface area contributed by atoms with Crippen molar-refractivity contribution in [2.24, 2.45) is 0 Å². The van der Waals surface area contributed by atoms with Gasteiger partial charge in [0.1, 0.15) is 0 Å². The Balaban J connectivity index is 1.25. The molecule has 10 rings (SSSR count). The maximum absolute atomic E-state index is 2.43. The van der Waals surface area contributed by atoms with Gasteiger partial charge in [-0.2, -0.15) is 0 Å². The molecule has 0 N–H and O–H groups in total. The summed E-state index contributed by atoms with van der Waals surface area (Å²) in [5.41, 5.74) is 7.59. The molecule has 1 aromatic heterocycles. The third kappa shape index (κ3) is 4.14. The van der Waals surface area contributed by atoms with E-state index in [1.165, 1.54) is 96.6 Å². The van der Waals surface area contributed by atoms with Crippen molar-refractivity contribution in [2.75, 3.05) is 0 Å². The molecule has 0 unspecified atom stereocenters. The highest BCUT2D eigenvalue weighted by molar-refractivity contribution is 7.25. The van der Waals surface area contributed by atoms with E-state index < -0.39 is 0 Å². The summed E-state index contributed by atoms with van der Waals surface area (Å²) in [7, 11) is 0. The van der Waals surface area contributed by atoms with Crippen LogP contribution in [0.15, 0.2) is 170 Å². The maximum atomic E-state index is 2.43. The van der Waals surface area contributed by atoms with Gasteiger partial charge in [0.05, 0.1) is 0 Å². The number of hydrogen-bond donors (Lipinski definition) is 0. The Labute approximate surface area is 276 Å². The van der Waals surface area contributed by atoms with Crippen LogP contribution in [-0.4, -0.2) is 0 Å². The van der Waals surface area contributed by atoms with E-state index in [-0.39, 0.29) is 0 Å². The highest BCUT2D eigenvalue weighted by atomic mass is 32.1. The van der Waals surface area contributed by atoms with Crippen LogP contribution in [0.1, 0.15) is 0 Å². The quantitative estimate of drug-likeness (QED) is 0.174. The first-order valence-electron chi connectivity index (χ1n) is 16.2. The average molecular weight is 613 g/mol. The minimum Gasteiger partial charge on any atom is -0.135 e. The SMILES string of the molecule is c1ccc(-c2c3ccccc3c(-c3cc(-c4ccc5c(c4)sc4cc6ccccc6cc45)cc4ccccc34)c3ccccc23)cc1. The zero-order valence-corrected chi connectivity index (χ0v) is 26.4. The number of benzene rings is 9. The lowest BCUT2D eigenvalue weighted by atomic mass is 9.84. The van der Waals surface area contributed by atoms with Crippen molar-refractivity contribution >= 4 is 74.6 Å². The smallest absolute Gasteiger partial charge is 0.0361 e. The van der Waals surface area contributed by atoms with Gasteiger partial charge in [-0.25, -0.2) is 0 Å². The van der Waals surface area contributed by atoms with E-state index in [0.29, 0.717) is 0 Å². The van der Waals surface area contributed by atoms with Gasteiger partial charge in [0.2, 0.25) is 0 Å². The van der Waals surface area contributed by atoms with Crippen molar-refractivity contribution in [1.29, 1.82) is 0 Å². The van der Waals surface area contributed by atoms with Crippen molar-refractivity contribution < 1.29 is 0 Å². The van der Waals surface area contributed by atoms with E-state index in [4.69, 9.17) is 0 Å². The van der Waals surface area contributed by atoms with Crippen molar-refractivity contribution in [3.05, 3.63) is 170 Å². The molecule has 0 radical (unpaired) electrons. The minimum absolute atomic E-state index is 1.24. The highest BCUT2D eigenvalue weighted by Gasteiger charge is 2.19. The minimum atomic E-state index is 1.24. The van der Waals surface area contributed by atoms with Crippen LogP contribution < -0.4 is 0 Å². The van der Waals surface area contributed by atoms with Gasteiger partial charge >= 0.3 is 0 Å². The number of thiophene rings is 1. The van der Waals surface area contributed by atoms with E-state index in [1.807, 2.05) is 11.3 Å². The zero-order chi connectivity index (χ0) is 30.9. The van der Waals surface area contributed by atoms with Crippen molar-refractivity contribution in [3.63, 3.8) is 0 Å². The molecule has 10 aromatic rings. The van der Waals surface area contributed by atoms with Crippen LogP contribution in [0.2, 0.25) is 0 Å². The predicted octanol–water partition coefficient (Wildman–Crippen LogP) is 13.7. The fourth-order valence-electron chi connectivity index (χ4n) is 7.66.